The smallest absolute Gasteiger partial charge is 0.321 e. The Labute approximate surface area is 256 Å². The van der Waals surface area contributed by atoms with Crippen LogP contribution in [0.4, 0.5) is 14.6 Å². The second-order valence-electron chi connectivity index (χ2n) is 11.8. The Balaban J connectivity index is 1.24. The average molecular weight is 613 g/mol. The molecule has 0 radical (unpaired) electrons. The first-order valence-electron chi connectivity index (χ1n) is 15.0. The van der Waals surface area contributed by atoms with Gasteiger partial charge < -0.3 is 19.9 Å². The normalized spacial score (nSPS) is 17.9. The Morgan fingerprint density at radius 3 is 2.67 bits per heavy atom. The predicted octanol–water partition coefficient (Wildman–Crippen LogP) is 4.78. The first-order chi connectivity index (χ1) is 21.9. The lowest BCUT2D eigenvalue weighted by molar-refractivity contribution is 0.0716. The van der Waals surface area contributed by atoms with Gasteiger partial charge in [-0.05, 0) is 79.1 Å². The number of anilines is 1. The van der Waals surface area contributed by atoms with E-state index in [1.54, 1.807) is 28.8 Å². The number of carbonyl (C=O) groups excluding carboxylic acids is 1. The van der Waals surface area contributed by atoms with E-state index in [0.29, 0.717) is 35.5 Å². The number of nitriles is 1. The zero-order valence-corrected chi connectivity index (χ0v) is 24.2. The molecule has 1 saturated heterocycles. The van der Waals surface area contributed by atoms with Gasteiger partial charge in [0.05, 0.1) is 18.2 Å². The van der Waals surface area contributed by atoms with Crippen LogP contribution in [0.5, 0.6) is 0 Å². The van der Waals surface area contributed by atoms with Crippen molar-refractivity contribution in [2.45, 2.75) is 63.2 Å². The maximum Gasteiger partial charge on any atom is 0.321 e. The summed E-state index contributed by atoms with van der Waals surface area (Å²) in [7, 11) is 0. The van der Waals surface area contributed by atoms with Gasteiger partial charge in [-0.3, -0.25) is 14.2 Å². The zero-order chi connectivity index (χ0) is 31.1. The van der Waals surface area contributed by atoms with Crippen molar-refractivity contribution in [1.29, 1.82) is 5.26 Å². The van der Waals surface area contributed by atoms with Crippen LogP contribution in [-0.4, -0.2) is 49.5 Å². The number of hydrogen-bond donors (Lipinski definition) is 2. The van der Waals surface area contributed by atoms with E-state index in [2.05, 4.69) is 20.8 Å². The first-order valence-corrected chi connectivity index (χ1v) is 15.0. The van der Waals surface area contributed by atoms with Crippen molar-refractivity contribution in [2.24, 2.45) is 0 Å². The highest BCUT2D eigenvalue weighted by Gasteiger charge is 2.29. The molecule has 2 saturated carbocycles. The van der Waals surface area contributed by atoms with E-state index >= 15 is 0 Å². The summed E-state index contributed by atoms with van der Waals surface area (Å²) in [6, 6.07) is 12.2. The molecule has 2 aliphatic carbocycles. The van der Waals surface area contributed by atoms with Crippen molar-refractivity contribution in [3.8, 4) is 28.6 Å². The van der Waals surface area contributed by atoms with Crippen LogP contribution in [0.25, 0.3) is 22.5 Å². The fourth-order valence-electron chi connectivity index (χ4n) is 5.67. The van der Waals surface area contributed by atoms with Crippen LogP contribution in [-0.2, 0) is 11.3 Å². The third-order valence-corrected chi connectivity index (χ3v) is 8.38. The average Bonchev–Trinajstić information content (AvgIpc) is 3.97. The number of amides is 1. The number of aromatic nitrogens is 5. The lowest BCUT2D eigenvalue weighted by atomic mass is 9.96. The summed E-state index contributed by atoms with van der Waals surface area (Å²) in [5.74, 6) is -0.255. The van der Waals surface area contributed by atoms with Crippen molar-refractivity contribution in [2.75, 3.05) is 18.5 Å². The van der Waals surface area contributed by atoms with E-state index in [1.807, 2.05) is 18.3 Å². The second kappa shape index (κ2) is 11.9. The van der Waals surface area contributed by atoms with Gasteiger partial charge in [-0.1, -0.05) is 6.07 Å². The van der Waals surface area contributed by atoms with Crippen LogP contribution in [0.2, 0.25) is 0 Å². The number of ether oxygens (including phenoxy) is 1. The molecule has 4 heterocycles. The molecule has 0 unspecified atom stereocenters. The van der Waals surface area contributed by atoms with Gasteiger partial charge in [0.1, 0.15) is 17.7 Å². The molecule has 11 nitrogen and oxygen atoms in total. The molecule has 1 aromatic carbocycles. The number of nitrogens with zero attached hydrogens (tertiary/aromatic N) is 6. The third kappa shape index (κ3) is 6.11. The van der Waals surface area contributed by atoms with Crippen LogP contribution in [0.15, 0.2) is 53.7 Å². The van der Waals surface area contributed by atoms with Gasteiger partial charge in [0, 0.05) is 48.6 Å². The Bertz CT molecular complexity index is 1870. The molecule has 13 heteroatoms. The van der Waals surface area contributed by atoms with E-state index < -0.39 is 12.5 Å². The van der Waals surface area contributed by atoms with Gasteiger partial charge >= 0.3 is 6.55 Å². The van der Waals surface area contributed by atoms with Crippen molar-refractivity contribution in [3.05, 3.63) is 81.7 Å². The number of carbonyl (C=O) groups is 1. The molecular weight excluding hydrogens is 582 g/mol. The molecule has 4 aromatic rings. The summed E-state index contributed by atoms with van der Waals surface area (Å²) in [6.45, 7) is -1.06. The summed E-state index contributed by atoms with van der Waals surface area (Å²) < 4.78 is 35.3. The summed E-state index contributed by atoms with van der Waals surface area (Å²) in [5.41, 5.74) is 2.89. The van der Waals surface area contributed by atoms with E-state index in [4.69, 9.17) is 9.72 Å². The number of hydrogen-bond acceptors (Lipinski definition) is 8. The van der Waals surface area contributed by atoms with Crippen LogP contribution in [0, 0.1) is 11.3 Å². The number of benzene rings is 1. The molecule has 3 aromatic heterocycles. The molecule has 1 aliphatic heterocycles. The van der Waals surface area contributed by atoms with Gasteiger partial charge in [-0.15, -0.1) is 10.2 Å². The largest absolute Gasteiger partial charge is 0.380 e. The fourth-order valence-corrected chi connectivity index (χ4v) is 5.67. The lowest BCUT2D eigenvalue weighted by Gasteiger charge is -2.15. The van der Waals surface area contributed by atoms with Crippen LogP contribution in [0.1, 0.15) is 77.8 Å². The molecule has 1 amide bonds. The van der Waals surface area contributed by atoms with Gasteiger partial charge in [0.25, 0.3) is 11.5 Å². The van der Waals surface area contributed by atoms with E-state index in [0.717, 1.165) is 49.7 Å². The Morgan fingerprint density at radius 1 is 1.11 bits per heavy atom. The minimum Gasteiger partial charge on any atom is -0.380 e. The highest BCUT2D eigenvalue weighted by Crippen LogP contribution is 2.42. The SMILES string of the molecule is N#Cc1ccc(-c2cc(NC(=O)c3cc(CN[C@H]4CCOC4)cn(C4CC4)c3=O)nc(C3CC3)c2)c(-c2nncn2C(F)F)c1. The Hall–Kier alpha value is -4.80. The summed E-state index contributed by atoms with van der Waals surface area (Å²) in [6.07, 6.45) is 7.30. The van der Waals surface area contributed by atoms with Crippen molar-refractivity contribution < 1.29 is 18.3 Å². The zero-order valence-electron chi connectivity index (χ0n) is 24.2. The minimum absolute atomic E-state index is 0.0214. The van der Waals surface area contributed by atoms with Gasteiger partial charge in [-0.2, -0.15) is 14.0 Å². The summed E-state index contributed by atoms with van der Waals surface area (Å²) in [4.78, 5) is 31.8. The second-order valence-corrected chi connectivity index (χ2v) is 11.8. The number of pyridine rings is 2. The van der Waals surface area contributed by atoms with Crippen molar-refractivity contribution >= 4 is 11.7 Å². The van der Waals surface area contributed by atoms with E-state index in [9.17, 15) is 23.6 Å². The maximum atomic E-state index is 13.8. The fraction of sp³-hybridized carbons (Fsp3) is 0.375. The quantitative estimate of drug-likeness (QED) is 0.261. The Kier molecular flexibility index (Phi) is 7.68. The molecule has 0 spiro atoms. The van der Waals surface area contributed by atoms with Crippen molar-refractivity contribution in [1.82, 2.24) is 29.6 Å². The minimum atomic E-state index is -2.89. The summed E-state index contributed by atoms with van der Waals surface area (Å²) >= 11 is 0. The predicted molar refractivity (Wildman–Crippen MR) is 160 cm³/mol. The van der Waals surface area contributed by atoms with Crippen molar-refractivity contribution in [3.63, 3.8) is 0 Å². The number of alkyl halides is 2. The molecule has 3 fully saturated rings. The van der Waals surface area contributed by atoms with Crippen LogP contribution < -0.4 is 16.2 Å². The Morgan fingerprint density at radius 2 is 1.96 bits per heavy atom. The molecule has 1 atom stereocenters. The topological polar surface area (TPSA) is 140 Å². The number of nitrogens with one attached hydrogen (secondary N) is 2. The first kappa shape index (κ1) is 28.9. The number of halogens is 2. The van der Waals surface area contributed by atoms with E-state index in [-0.39, 0.29) is 51.9 Å². The summed E-state index contributed by atoms with van der Waals surface area (Å²) in [5, 5.41) is 23.4. The van der Waals surface area contributed by atoms with Gasteiger partial charge in [-0.25, -0.2) is 4.98 Å². The molecule has 3 aliphatic rings. The van der Waals surface area contributed by atoms with E-state index in [1.165, 1.54) is 6.07 Å². The van der Waals surface area contributed by atoms with Crippen LogP contribution in [0.3, 0.4) is 0 Å². The van der Waals surface area contributed by atoms with Gasteiger partial charge in [0.2, 0.25) is 0 Å². The lowest BCUT2D eigenvalue weighted by Crippen LogP contribution is -2.32. The number of rotatable bonds is 10. The third-order valence-electron chi connectivity index (χ3n) is 8.38. The molecule has 2 N–H and O–H groups in total. The maximum absolute atomic E-state index is 13.8. The monoisotopic (exact) mass is 612 g/mol. The highest BCUT2D eigenvalue weighted by atomic mass is 19.3. The molecule has 45 heavy (non-hydrogen) atoms. The molecule has 7 rings (SSSR count). The molecular formula is C32H30F2N8O3. The molecule has 0 bridgehead atoms. The van der Waals surface area contributed by atoms with Crippen LogP contribution >= 0.6 is 0 Å². The van der Waals surface area contributed by atoms with Gasteiger partial charge in [0.15, 0.2) is 5.82 Å². The molecule has 230 valence electrons. The highest BCUT2D eigenvalue weighted by molar-refractivity contribution is 6.04. The standard InChI is InChI=1S/C32H30F2N8O3/c33-32(34)42-17-37-40-29(42)25-9-18(13-35)1-6-24(25)21-11-27(20-2-3-20)38-28(12-21)39-30(43)26-10-19(14-36-22-7-8-45-16-22)15-41(31(26)44)23-4-5-23/h1,6,9-12,15,17,20,22-23,32,36H,2-5,7-8,14,16H2,(H,38,39,43)/t22-/m0/s1.